The molecule has 1 amide bonds. The molecular weight excluding hydrogens is 168 g/mol. The number of hydrogen-bond donors (Lipinski definition) is 1. The Kier molecular flexibility index (Phi) is 3.74. The molecule has 0 aromatic carbocycles. The zero-order chi connectivity index (χ0) is 9.68. The van der Waals surface area contributed by atoms with Crippen molar-refractivity contribution in [2.24, 2.45) is 0 Å². The van der Waals surface area contributed by atoms with Crippen LogP contribution < -0.4 is 5.32 Å². The number of carbonyl (C=O) groups is 1. The van der Waals surface area contributed by atoms with Crippen LogP contribution in [0, 0.1) is 12.3 Å². The van der Waals surface area contributed by atoms with Crippen molar-refractivity contribution in [2.75, 3.05) is 20.2 Å². The van der Waals surface area contributed by atoms with Crippen LogP contribution in [0.4, 0.5) is 0 Å². The second kappa shape index (κ2) is 4.85. The van der Waals surface area contributed by atoms with E-state index in [1.807, 2.05) is 0 Å². The molecule has 1 heterocycles. The molecule has 1 atom stereocenters. The van der Waals surface area contributed by atoms with E-state index < -0.39 is 0 Å². The molecule has 0 aromatic rings. The van der Waals surface area contributed by atoms with Gasteiger partial charge in [0.25, 0.3) is 5.91 Å². The van der Waals surface area contributed by atoms with Crippen LogP contribution in [-0.2, 0) is 9.63 Å². The van der Waals surface area contributed by atoms with Gasteiger partial charge in [-0.15, -0.1) is 6.42 Å². The van der Waals surface area contributed by atoms with Gasteiger partial charge in [-0.3, -0.25) is 9.63 Å². The van der Waals surface area contributed by atoms with Crippen molar-refractivity contribution in [3.63, 3.8) is 0 Å². The van der Waals surface area contributed by atoms with E-state index in [-0.39, 0.29) is 18.6 Å². The van der Waals surface area contributed by atoms with Crippen molar-refractivity contribution in [2.45, 2.75) is 18.9 Å². The number of nitrogens with zero attached hydrogens (tertiary/aromatic N) is 1. The Morgan fingerprint density at radius 1 is 1.85 bits per heavy atom. The Balaban J connectivity index is 2.46. The summed E-state index contributed by atoms with van der Waals surface area (Å²) < 4.78 is 0. The van der Waals surface area contributed by atoms with Crippen molar-refractivity contribution in [1.82, 2.24) is 10.4 Å². The summed E-state index contributed by atoms with van der Waals surface area (Å²) in [6.07, 6.45) is 6.84. The van der Waals surface area contributed by atoms with Gasteiger partial charge in [0.1, 0.15) is 6.61 Å². The number of likely N-dealkylation sites (N-methyl/N-ethyl adjacent to an activating group) is 1. The van der Waals surface area contributed by atoms with Gasteiger partial charge in [0.15, 0.2) is 0 Å². The highest BCUT2D eigenvalue weighted by molar-refractivity contribution is 5.81. The fourth-order valence-electron chi connectivity index (χ4n) is 1.36. The molecule has 0 bridgehead atoms. The lowest BCUT2D eigenvalue weighted by atomic mass is 10.1. The molecular formula is C9H14N2O2. The van der Waals surface area contributed by atoms with Gasteiger partial charge in [0.2, 0.25) is 0 Å². The summed E-state index contributed by atoms with van der Waals surface area (Å²) in [6.45, 7) is 0.793. The lowest BCUT2D eigenvalue weighted by molar-refractivity contribution is -0.189. The molecule has 1 rings (SSSR count). The van der Waals surface area contributed by atoms with E-state index in [1.165, 1.54) is 5.06 Å². The average molecular weight is 182 g/mol. The van der Waals surface area contributed by atoms with Crippen molar-refractivity contribution >= 4 is 5.91 Å². The Bertz CT molecular complexity index is 222. The van der Waals surface area contributed by atoms with Crippen LogP contribution >= 0.6 is 0 Å². The largest absolute Gasteiger partial charge is 0.309 e. The standard InChI is InChI=1S/C9H14N2O2/c1-3-7-13-11-6-4-5-8(10-2)9(11)12/h1,8,10H,4-7H2,2H3. The minimum atomic E-state index is -0.119. The molecule has 13 heavy (non-hydrogen) atoms. The smallest absolute Gasteiger partial charge is 0.263 e. The van der Waals surface area contributed by atoms with Crippen molar-refractivity contribution in [1.29, 1.82) is 0 Å². The van der Waals surface area contributed by atoms with Gasteiger partial charge in [-0.2, -0.15) is 0 Å². The van der Waals surface area contributed by atoms with Crippen LogP contribution in [-0.4, -0.2) is 37.2 Å². The fourth-order valence-corrected chi connectivity index (χ4v) is 1.36. The van der Waals surface area contributed by atoms with Crippen LogP contribution in [0.15, 0.2) is 0 Å². The van der Waals surface area contributed by atoms with Gasteiger partial charge in [-0.05, 0) is 19.9 Å². The monoisotopic (exact) mass is 182 g/mol. The van der Waals surface area contributed by atoms with E-state index in [9.17, 15) is 4.79 Å². The van der Waals surface area contributed by atoms with Gasteiger partial charge in [0, 0.05) is 6.54 Å². The highest BCUT2D eigenvalue weighted by Crippen LogP contribution is 2.11. The molecule has 0 radical (unpaired) electrons. The zero-order valence-corrected chi connectivity index (χ0v) is 7.75. The molecule has 0 aliphatic carbocycles. The summed E-state index contributed by atoms with van der Waals surface area (Å²) in [5.41, 5.74) is 0. The lowest BCUT2D eigenvalue weighted by Crippen LogP contribution is -2.49. The Morgan fingerprint density at radius 3 is 3.23 bits per heavy atom. The minimum Gasteiger partial charge on any atom is -0.309 e. The highest BCUT2D eigenvalue weighted by Gasteiger charge is 2.27. The molecule has 1 aliphatic heterocycles. The molecule has 4 heteroatoms. The lowest BCUT2D eigenvalue weighted by Gasteiger charge is -2.30. The molecule has 4 nitrogen and oxygen atoms in total. The van der Waals surface area contributed by atoms with Crippen molar-refractivity contribution in [3.05, 3.63) is 0 Å². The summed E-state index contributed by atoms with van der Waals surface area (Å²) in [7, 11) is 1.77. The average Bonchev–Trinajstić information content (AvgIpc) is 2.16. The molecule has 0 spiro atoms. The zero-order valence-electron chi connectivity index (χ0n) is 7.75. The predicted molar refractivity (Wildman–Crippen MR) is 48.6 cm³/mol. The molecule has 1 N–H and O–H groups in total. The summed E-state index contributed by atoms with van der Waals surface area (Å²) in [4.78, 5) is 16.6. The third-order valence-corrected chi connectivity index (χ3v) is 2.05. The summed E-state index contributed by atoms with van der Waals surface area (Å²) in [5, 5.41) is 4.29. The summed E-state index contributed by atoms with van der Waals surface area (Å²) >= 11 is 0. The third-order valence-electron chi connectivity index (χ3n) is 2.05. The fraction of sp³-hybridized carbons (Fsp3) is 0.667. The molecule has 72 valence electrons. The second-order valence-corrected chi connectivity index (χ2v) is 2.90. The molecule has 1 saturated heterocycles. The van der Waals surface area contributed by atoms with E-state index in [2.05, 4.69) is 11.2 Å². The first-order valence-corrected chi connectivity index (χ1v) is 4.34. The van der Waals surface area contributed by atoms with Crippen LogP contribution in [0.3, 0.4) is 0 Å². The van der Waals surface area contributed by atoms with Gasteiger partial charge < -0.3 is 5.32 Å². The number of piperidine rings is 1. The summed E-state index contributed by atoms with van der Waals surface area (Å²) in [5.74, 6) is 2.31. The maximum Gasteiger partial charge on any atom is 0.263 e. The normalized spacial score (nSPS) is 22.9. The maximum atomic E-state index is 11.5. The van der Waals surface area contributed by atoms with E-state index in [4.69, 9.17) is 11.3 Å². The number of carbonyl (C=O) groups excluding carboxylic acids is 1. The second-order valence-electron chi connectivity index (χ2n) is 2.90. The van der Waals surface area contributed by atoms with E-state index in [1.54, 1.807) is 7.05 Å². The van der Waals surface area contributed by atoms with Gasteiger partial charge in [-0.1, -0.05) is 5.92 Å². The number of rotatable bonds is 3. The SMILES string of the molecule is C#CCON1CCCC(NC)C1=O. The van der Waals surface area contributed by atoms with Crippen LogP contribution in [0.5, 0.6) is 0 Å². The van der Waals surface area contributed by atoms with Crippen molar-refractivity contribution in [3.8, 4) is 12.3 Å². The molecule has 0 saturated carbocycles. The number of terminal acetylenes is 1. The first-order chi connectivity index (χ1) is 6.29. The molecule has 1 fully saturated rings. The highest BCUT2D eigenvalue weighted by atomic mass is 16.7. The molecule has 0 aromatic heterocycles. The minimum absolute atomic E-state index is 0.0241. The first-order valence-electron chi connectivity index (χ1n) is 4.34. The predicted octanol–water partition coefficient (Wildman–Crippen LogP) is -0.238. The van der Waals surface area contributed by atoms with Gasteiger partial charge >= 0.3 is 0 Å². The number of hydroxylamine groups is 2. The summed E-state index contributed by atoms with van der Waals surface area (Å²) in [6, 6.07) is -0.119. The van der Waals surface area contributed by atoms with E-state index >= 15 is 0 Å². The molecule has 1 unspecified atom stereocenters. The number of nitrogens with one attached hydrogen (secondary N) is 1. The van der Waals surface area contributed by atoms with Crippen LogP contribution in [0.25, 0.3) is 0 Å². The van der Waals surface area contributed by atoms with Gasteiger partial charge in [-0.25, -0.2) is 5.06 Å². The Hall–Kier alpha value is -1.05. The third kappa shape index (κ3) is 2.44. The Morgan fingerprint density at radius 2 is 2.62 bits per heavy atom. The van der Waals surface area contributed by atoms with E-state index in [0.29, 0.717) is 6.54 Å². The van der Waals surface area contributed by atoms with Crippen LogP contribution in [0.1, 0.15) is 12.8 Å². The maximum absolute atomic E-state index is 11.5. The topological polar surface area (TPSA) is 41.6 Å². The van der Waals surface area contributed by atoms with E-state index in [0.717, 1.165) is 12.8 Å². The van der Waals surface area contributed by atoms with Crippen LogP contribution in [0.2, 0.25) is 0 Å². The van der Waals surface area contributed by atoms with Gasteiger partial charge in [0.05, 0.1) is 6.04 Å². The Labute approximate surface area is 78.2 Å². The quantitative estimate of drug-likeness (QED) is 0.613. The molecule has 1 aliphatic rings. The first kappa shape index (κ1) is 10.0. The van der Waals surface area contributed by atoms with Crippen molar-refractivity contribution < 1.29 is 9.63 Å². The number of hydrogen-bond acceptors (Lipinski definition) is 3. The number of amides is 1.